The molecule has 1 saturated heterocycles. The van der Waals surface area contributed by atoms with Crippen molar-refractivity contribution in [2.75, 3.05) is 13.7 Å². The molecule has 76 valence electrons. The fourth-order valence-corrected chi connectivity index (χ4v) is 2.42. The van der Waals surface area contributed by atoms with E-state index in [1.807, 2.05) is 0 Å². The van der Waals surface area contributed by atoms with Crippen LogP contribution in [0.3, 0.4) is 0 Å². The molecule has 14 heavy (non-hydrogen) atoms. The highest BCUT2D eigenvalue weighted by Gasteiger charge is 2.16. The SMILES string of the molecule is COc1cc(C2CCCN2)ccc1I. The summed E-state index contributed by atoms with van der Waals surface area (Å²) < 4.78 is 6.48. The van der Waals surface area contributed by atoms with Gasteiger partial charge in [0, 0.05) is 6.04 Å². The van der Waals surface area contributed by atoms with E-state index in [1.54, 1.807) is 7.11 Å². The Morgan fingerprint density at radius 2 is 2.36 bits per heavy atom. The number of halogens is 1. The van der Waals surface area contributed by atoms with Gasteiger partial charge in [0.25, 0.3) is 0 Å². The van der Waals surface area contributed by atoms with Crippen LogP contribution < -0.4 is 10.1 Å². The van der Waals surface area contributed by atoms with Crippen LogP contribution >= 0.6 is 22.6 Å². The number of hydrogen-bond donors (Lipinski definition) is 1. The molecule has 1 atom stereocenters. The minimum Gasteiger partial charge on any atom is -0.496 e. The van der Waals surface area contributed by atoms with Crippen LogP contribution in [0.2, 0.25) is 0 Å². The normalized spacial score (nSPS) is 21.1. The quantitative estimate of drug-likeness (QED) is 0.848. The molecule has 3 heteroatoms. The van der Waals surface area contributed by atoms with E-state index in [0.29, 0.717) is 6.04 Å². The second-order valence-electron chi connectivity index (χ2n) is 3.54. The Morgan fingerprint density at radius 3 is 3.00 bits per heavy atom. The van der Waals surface area contributed by atoms with Crippen molar-refractivity contribution in [3.05, 3.63) is 27.3 Å². The van der Waals surface area contributed by atoms with E-state index in [4.69, 9.17) is 4.74 Å². The summed E-state index contributed by atoms with van der Waals surface area (Å²) in [6.45, 7) is 1.14. The molecule has 0 bridgehead atoms. The molecule has 0 amide bonds. The van der Waals surface area contributed by atoms with E-state index in [-0.39, 0.29) is 0 Å². The Morgan fingerprint density at radius 1 is 1.50 bits per heavy atom. The van der Waals surface area contributed by atoms with E-state index in [2.05, 4.69) is 46.1 Å². The molecule has 1 aromatic carbocycles. The summed E-state index contributed by atoms with van der Waals surface area (Å²) in [5.41, 5.74) is 1.35. The van der Waals surface area contributed by atoms with Crippen LogP contribution in [0.1, 0.15) is 24.4 Å². The molecule has 1 aliphatic rings. The van der Waals surface area contributed by atoms with Crippen LogP contribution in [0.4, 0.5) is 0 Å². The first-order chi connectivity index (χ1) is 6.81. The van der Waals surface area contributed by atoms with Crippen molar-refractivity contribution >= 4 is 22.6 Å². The molecule has 1 heterocycles. The highest BCUT2D eigenvalue weighted by molar-refractivity contribution is 14.1. The maximum absolute atomic E-state index is 5.31. The third kappa shape index (κ3) is 2.03. The standard InChI is InChI=1S/C11H14INO/c1-14-11-7-8(4-5-9(11)12)10-3-2-6-13-10/h4-5,7,10,13H,2-3,6H2,1H3. The molecular weight excluding hydrogens is 289 g/mol. The van der Waals surface area contributed by atoms with Crippen LogP contribution in [0, 0.1) is 3.57 Å². The van der Waals surface area contributed by atoms with Gasteiger partial charge in [0.15, 0.2) is 0 Å². The van der Waals surface area contributed by atoms with Gasteiger partial charge in [-0.05, 0) is 59.7 Å². The zero-order valence-corrected chi connectivity index (χ0v) is 10.4. The van der Waals surface area contributed by atoms with Gasteiger partial charge in [-0.15, -0.1) is 0 Å². The summed E-state index contributed by atoms with van der Waals surface area (Å²) in [6.07, 6.45) is 2.52. The van der Waals surface area contributed by atoms with E-state index >= 15 is 0 Å². The van der Waals surface area contributed by atoms with Gasteiger partial charge in [0.1, 0.15) is 5.75 Å². The molecule has 2 nitrogen and oxygen atoms in total. The molecule has 1 N–H and O–H groups in total. The molecule has 0 radical (unpaired) electrons. The second-order valence-corrected chi connectivity index (χ2v) is 4.71. The fraction of sp³-hybridized carbons (Fsp3) is 0.455. The van der Waals surface area contributed by atoms with Crippen molar-refractivity contribution in [3.63, 3.8) is 0 Å². The molecule has 1 fully saturated rings. The molecule has 0 spiro atoms. The first kappa shape index (κ1) is 10.2. The molecule has 0 aliphatic carbocycles. The summed E-state index contributed by atoms with van der Waals surface area (Å²) in [5, 5.41) is 3.49. The van der Waals surface area contributed by atoms with Crippen molar-refractivity contribution in [1.29, 1.82) is 0 Å². The summed E-state index contributed by atoms with van der Waals surface area (Å²) >= 11 is 2.29. The van der Waals surface area contributed by atoms with E-state index in [1.165, 1.54) is 22.0 Å². The average molecular weight is 303 g/mol. The number of hydrogen-bond acceptors (Lipinski definition) is 2. The van der Waals surface area contributed by atoms with Crippen LogP contribution in [-0.4, -0.2) is 13.7 Å². The fourth-order valence-electron chi connectivity index (χ4n) is 1.86. The number of nitrogens with one attached hydrogen (secondary N) is 1. The third-order valence-corrected chi connectivity index (χ3v) is 3.53. The predicted molar refractivity (Wildman–Crippen MR) is 65.7 cm³/mol. The summed E-state index contributed by atoms with van der Waals surface area (Å²) in [7, 11) is 1.73. The van der Waals surface area contributed by atoms with Crippen molar-refractivity contribution in [2.45, 2.75) is 18.9 Å². The summed E-state index contributed by atoms with van der Waals surface area (Å²) in [5.74, 6) is 0.983. The molecule has 1 unspecified atom stereocenters. The second kappa shape index (κ2) is 4.49. The Kier molecular flexibility index (Phi) is 3.28. The highest BCUT2D eigenvalue weighted by atomic mass is 127. The zero-order valence-electron chi connectivity index (χ0n) is 8.22. The number of methoxy groups -OCH3 is 1. The van der Waals surface area contributed by atoms with E-state index in [9.17, 15) is 0 Å². The van der Waals surface area contributed by atoms with Crippen LogP contribution in [0.5, 0.6) is 5.75 Å². The van der Waals surface area contributed by atoms with Gasteiger partial charge in [-0.25, -0.2) is 0 Å². The monoisotopic (exact) mass is 303 g/mol. The van der Waals surface area contributed by atoms with Crippen LogP contribution in [0.25, 0.3) is 0 Å². The smallest absolute Gasteiger partial charge is 0.132 e. The van der Waals surface area contributed by atoms with Gasteiger partial charge in [0.2, 0.25) is 0 Å². The molecule has 1 aliphatic heterocycles. The summed E-state index contributed by atoms with van der Waals surface area (Å²) in [4.78, 5) is 0. The van der Waals surface area contributed by atoms with E-state index < -0.39 is 0 Å². The molecule has 2 rings (SSSR count). The number of ether oxygens (including phenoxy) is 1. The molecule has 1 aromatic rings. The first-order valence-corrected chi connectivity index (χ1v) is 5.96. The maximum atomic E-state index is 5.31. The Bertz CT molecular complexity index is 321. The predicted octanol–water partition coefficient (Wildman–Crippen LogP) is 2.72. The zero-order chi connectivity index (χ0) is 9.97. The van der Waals surface area contributed by atoms with Crippen molar-refractivity contribution in [1.82, 2.24) is 5.32 Å². The van der Waals surface area contributed by atoms with Crippen molar-refractivity contribution < 1.29 is 4.74 Å². The van der Waals surface area contributed by atoms with Gasteiger partial charge >= 0.3 is 0 Å². The maximum Gasteiger partial charge on any atom is 0.132 e. The lowest BCUT2D eigenvalue weighted by molar-refractivity contribution is 0.410. The highest BCUT2D eigenvalue weighted by Crippen LogP contribution is 2.28. The minimum atomic E-state index is 0.529. The van der Waals surface area contributed by atoms with Gasteiger partial charge in [-0.3, -0.25) is 0 Å². The lowest BCUT2D eigenvalue weighted by Crippen LogP contribution is -2.12. The van der Waals surface area contributed by atoms with Crippen molar-refractivity contribution in [3.8, 4) is 5.75 Å². The first-order valence-electron chi connectivity index (χ1n) is 4.88. The Balaban J connectivity index is 2.25. The van der Waals surface area contributed by atoms with Gasteiger partial charge in [-0.2, -0.15) is 0 Å². The molecular formula is C11H14INO. The topological polar surface area (TPSA) is 21.3 Å². The third-order valence-electron chi connectivity index (χ3n) is 2.64. The van der Waals surface area contributed by atoms with Crippen LogP contribution in [0.15, 0.2) is 18.2 Å². The van der Waals surface area contributed by atoms with Gasteiger partial charge < -0.3 is 10.1 Å². The Hall–Kier alpha value is -0.290. The van der Waals surface area contributed by atoms with E-state index in [0.717, 1.165) is 12.3 Å². The van der Waals surface area contributed by atoms with Gasteiger partial charge in [-0.1, -0.05) is 6.07 Å². The average Bonchev–Trinajstić information content (AvgIpc) is 2.71. The van der Waals surface area contributed by atoms with Gasteiger partial charge in [0.05, 0.1) is 10.7 Å². The Labute approximate surface area is 98.2 Å². The lowest BCUT2D eigenvalue weighted by atomic mass is 10.1. The summed E-state index contributed by atoms with van der Waals surface area (Å²) in [6, 6.07) is 6.98. The number of benzene rings is 1. The van der Waals surface area contributed by atoms with Crippen molar-refractivity contribution in [2.24, 2.45) is 0 Å². The minimum absolute atomic E-state index is 0.529. The van der Waals surface area contributed by atoms with Crippen LogP contribution in [-0.2, 0) is 0 Å². The molecule has 0 aromatic heterocycles. The number of rotatable bonds is 2. The largest absolute Gasteiger partial charge is 0.496 e. The lowest BCUT2D eigenvalue weighted by Gasteiger charge is -2.12. The molecule has 0 saturated carbocycles.